The molecule has 0 saturated heterocycles. The summed E-state index contributed by atoms with van der Waals surface area (Å²) in [4.78, 5) is 0. The van der Waals surface area contributed by atoms with Crippen LogP contribution in [-0.4, -0.2) is 6.10 Å². The van der Waals surface area contributed by atoms with Gasteiger partial charge in [-0.2, -0.15) is 0 Å². The van der Waals surface area contributed by atoms with Gasteiger partial charge in [-0.15, -0.1) is 0 Å². The molecule has 2 atom stereocenters. The number of fused-ring (bicyclic) bond motifs is 6. The second-order valence-corrected chi connectivity index (χ2v) is 10.8. The summed E-state index contributed by atoms with van der Waals surface area (Å²) < 4.78 is 6.47. The monoisotopic (exact) mass is 500 g/mol. The van der Waals surface area contributed by atoms with Gasteiger partial charge >= 0.3 is 0 Å². The van der Waals surface area contributed by atoms with E-state index in [4.69, 9.17) is 4.74 Å². The molecule has 0 amide bonds. The van der Waals surface area contributed by atoms with Crippen LogP contribution in [0.2, 0.25) is 0 Å². The average Bonchev–Trinajstić information content (AvgIpc) is 3.40. The fraction of sp³-hybridized carbons (Fsp3) is 0.105. The zero-order valence-electron chi connectivity index (χ0n) is 21.7. The van der Waals surface area contributed by atoms with Crippen molar-refractivity contribution in [1.82, 2.24) is 0 Å². The molecule has 0 N–H and O–H groups in total. The fourth-order valence-electron chi connectivity index (χ4n) is 6.58. The van der Waals surface area contributed by atoms with E-state index in [1.807, 2.05) is 0 Å². The Morgan fingerprint density at radius 3 is 2.13 bits per heavy atom. The van der Waals surface area contributed by atoms with E-state index < -0.39 is 0 Å². The number of hydrogen-bond donors (Lipinski definition) is 0. The van der Waals surface area contributed by atoms with Gasteiger partial charge in [0, 0.05) is 17.0 Å². The summed E-state index contributed by atoms with van der Waals surface area (Å²) in [6, 6.07) is 44.3. The molecule has 0 spiro atoms. The molecule has 2 unspecified atom stereocenters. The van der Waals surface area contributed by atoms with Crippen molar-refractivity contribution in [3.8, 4) is 39.1 Å². The van der Waals surface area contributed by atoms with E-state index in [0.29, 0.717) is 5.92 Å². The SMILES string of the molecule is C1=CC2Oc3c(-c4ccc(-c5cc6ccc(-c7ccccc7)cc6c6ccccc56)cc4)cccc3C2CC1. The van der Waals surface area contributed by atoms with Crippen molar-refractivity contribution < 1.29 is 4.74 Å². The van der Waals surface area contributed by atoms with E-state index in [1.165, 1.54) is 66.9 Å². The number of para-hydroxylation sites is 1. The average molecular weight is 501 g/mol. The van der Waals surface area contributed by atoms with Crippen LogP contribution in [0.25, 0.3) is 54.9 Å². The van der Waals surface area contributed by atoms with Crippen molar-refractivity contribution in [2.75, 3.05) is 0 Å². The third-order valence-corrected chi connectivity index (χ3v) is 8.54. The van der Waals surface area contributed by atoms with Gasteiger partial charge in [0.25, 0.3) is 0 Å². The van der Waals surface area contributed by atoms with Crippen molar-refractivity contribution in [3.63, 3.8) is 0 Å². The largest absolute Gasteiger partial charge is 0.485 e. The molecule has 186 valence electrons. The molecule has 1 heteroatoms. The lowest BCUT2D eigenvalue weighted by molar-refractivity contribution is 0.245. The van der Waals surface area contributed by atoms with Gasteiger partial charge in [0.2, 0.25) is 0 Å². The first kappa shape index (κ1) is 22.4. The molecule has 0 saturated carbocycles. The topological polar surface area (TPSA) is 9.23 Å². The summed E-state index contributed by atoms with van der Waals surface area (Å²) in [5, 5.41) is 5.12. The highest BCUT2D eigenvalue weighted by Gasteiger charge is 2.35. The molecular formula is C38H28O. The molecule has 0 bridgehead atoms. The first-order chi connectivity index (χ1) is 19.3. The number of rotatable bonds is 3. The van der Waals surface area contributed by atoms with Crippen LogP contribution < -0.4 is 4.74 Å². The Bertz CT molecular complexity index is 1880. The third kappa shape index (κ3) is 3.69. The van der Waals surface area contributed by atoms with Crippen molar-refractivity contribution in [3.05, 3.63) is 139 Å². The van der Waals surface area contributed by atoms with Gasteiger partial charge in [-0.05, 0) is 80.4 Å². The summed E-state index contributed by atoms with van der Waals surface area (Å²) >= 11 is 0. The van der Waals surface area contributed by atoms with Crippen LogP contribution in [0, 0.1) is 0 Å². The minimum absolute atomic E-state index is 0.181. The zero-order valence-corrected chi connectivity index (χ0v) is 21.7. The molecule has 0 radical (unpaired) electrons. The Hall–Kier alpha value is -4.62. The lowest BCUT2D eigenvalue weighted by Crippen LogP contribution is -2.18. The highest BCUT2D eigenvalue weighted by atomic mass is 16.5. The van der Waals surface area contributed by atoms with Gasteiger partial charge in [0.05, 0.1) is 0 Å². The molecule has 2 aliphatic rings. The lowest BCUT2D eigenvalue weighted by atomic mass is 9.86. The van der Waals surface area contributed by atoms with Crippen molar-refractivity contribution in [2.45, 2.75) is 24.9 Å². The van der Waals surface area contributed by atoms with Crippen LogP contribution in [0.5, 0.6) is 5.75 Å². The molecule has 0 aromatic heterocycles. The first-order valence-electron chi connectivity index (χ1n) is 13.9. The number of ether oxygens (including phenoxy) is 1. The summed E-state index contributed by atoms with van der Waals surface area (Å²) in [6.45, 7) is 0. The molecule has 1 nitrogen and oxygen atoms in total. The zero-order chi connectivity index (χ0) is 25.8. The molecule has 39 heavy (non-hydrogen) atoms. The van der Waals surface area contributed by atoms with Crippen LogP contribution in [-0.2, 0) is 0 Å². The van der Waals surface area contributed by atoms with Crippen LogP contribution in [0.1, 0.15) is 24.3 Å². The maximum absolute atomic E-state index is 6.47. The van der Waals surface area contributed by atoms with Crippen LogP contribution in [0.15, 0.2) is 133 Å². The molecule has 0 fully saturated rings. The van der Waals surface area contributed by atoms with E-state index in [1.54, 1.807) is 0 Å². The van der Waals surface area contributed by atoms with E-state index in [0.717, 1.165) is 12.2 Å². The Morgan fingerprint density at radius 2 is 1.28 bits per heavy atom. The van der Waals surface area contributed by atoms with Crippen molar-refractivity contribution in [2.24, 2.45) is 0 Å². The van der Waals surface area contributed by atoms with Crippen molar-refractivity contribution >= 4 is 21.5 Å². The predicted molar refractivity (Wildman–Crippen MR) is 163 cm³/mol. The normalized spacial score (nSPS) is 17.6. The van der Waals surface area contributed by atoms with E-state index >= 15 is 0 Å². The van der Waals surface area contributed by atoms with Crippen LogP contribution >= 0.6 is 0 Å². The second kappa shape index (κ2) is 8.99. The Balaban J connectivity index is 1.22. The summed E-state index contributed by atoms with van der Waals surface area (Å²) in [5.41, 5.74) is 8.75. The van der Waals surface area contributed by atoms with Gasteiger partial charge in [-0.25, -0.2) is 0 Å². The maximum atomic E-state index is 6.47. The lowest BCUT2D eigenvalue weighted by Gasteiger charge is -2.18. The smallest absolute Gasteiger partial charge is 0.131 e. The molecule has 1 aliphatic carbocycles. The van der Waals surface area contributed by atoms with Gasteiger partial charge in [0.15, 0.2) is 0 Å². The Labute approximate surface area is 229 Å². The minimum atomic E-state index is 0.181. The second-order valence-electron chi connectivity index (χ2n) is 10.8. The molecule has 8 rings (SSSR count). The van der Waals surface area contributed by atoms with E-state index in [-0.39, 0.29) is 6.10 Å². The van der Waals surface area contributed by atoms with Crippen LogP contribution in [0.4, 0.5) is 0 Å². The standard InChI is InChI=1S/C38H28O/c1-2-9-25(10-3-1)28-21-22-29-24-35(31-11-4-5-12-32(31)36(29)23-28)27-19-17-26(18-20-27)30-14-8-15-34-33-13-6-7-16-37(33)39-38(30)34/h1-5,7-12,14-24,33,37H,6,13H2. The van der Waals surface area contributed by atoms with Gasteiger partial charge in [0.1, 0.15) is 11.9 Å². The molecule has 1 aliphatic heterocycles. The fourth-order valence-corrected chi connectivity index (χ4v) is 6.58. The third-order valence-electron chi connectivity index (χ3n) is 8.54. The number of benzene rings is 6. The van der Waals surface area contributed by atoms with E-state index in [9.17, 15) is 0 Å². The number of allylic oxidation sites excluding steroid dienone is 1. The molecule has 6 aromatic rings. The molecule has 1 heterocycles. The Morgan fingerprint density at radius 1 is 0.538 bits per heavy atom. The highest BCUT2D eigenvalue weighted by Crippen LogP contribution is 2.48. The summed E-state index contributed by atoms with van der Waals surface area (Å²) in [7, 11) is 0. The van der Waals surface area contributed by atoms with E-state index in [2.05, 4.69) is 133 Å². The van der Waals surface area contributed by atoms with Crippen LogP contribution in [0.3, 0.4) is 0 Å². The van der Waals surface area contributed by atoms with Gasteiger partial charge in [-0.3, -0.25) is 0 Å². The number of hydrogen-bond acceptors (Lipinski definition) is 1. The quantitative estimate of drug-likeness (QED) is 0.173. The highest BCUT2D eigenvalue weighted by molar-refractivity contribution is 6.14. The molecular weight excluding hydrogens is 472 g/mol. The minimum Gasteiger partial charge on any atom is -0.485 e. The maximum Gasteiger partial charge on any atom is 0.131 e. The summed E-state index contributed by atoms with van der Waals surface area (Å²) in [6.07, 6.45) is 6.99. The predicted octanol–water partition coefficient (Wildman–Crippen LogP) is 10.2. The van der Waals surface area contributed by atoms with Gasteiger partial charge < -0.3 is 4.74 Å². The summed E-state index contributed by atoms with van der Waals surface area (Å²) in [5.74, 6) is 1.55. The molecule has 6 aromatic carbocycles. The van der Waals surface area contributed by atoms with Crippen molar-refractivity contribution in [1.29, 1.82) is 0 Å². The first-order valence-corrected chi connectivity index (χ1v) is 13.9. The van der Waals surface area contributed by atoms with Gasteiger partial charge in [-0.1, -0.05) is 115 Å². The Kier molecular flexibility index (Phi) is 5.16.